The molecule has 1 rings (SSSR count). The van der Waals surface area contributed by atoms with Gasteiger partial charge in [0.2, 0.25) is 0 Å². The van der Waals surface area contributed by atoms with E-state index in [0.29, 0.717) is 5.92 Å². The second kappa shape index (κ2) is 10.9. The molecule has 0 spiro atoms. The van der Waals surface area contributed by atoms with E-state index in [1.807, 2.05) is 27.1 Å². The minimum absolute atomic E-state index is 0.477. The maximum Gasteiger partial charge on any atom is 0.118 e. The molecule has 0 aliphatic carbocycles. The molecule has 0 amide bonds. The Balaban J connectivity index is 0.00000106. The van der Waals surface area contributed by atoms with Crippen LogP contribution in [0.2, 0.25) is 0 Å². The van der Waals surface area contributed by atoms with Crippen molar-refractivity contribution in [3.05, 3.63) is 0 Å². The molecule has 0 aromatic heterocycles. The number of nitrogens with one attached hydrogen (secondary N) is 1. The van der Waals surface area contributed by atoms with Crippen molar-refractivity contribution >= 4 is 6.21 Å². The summed E-state index contributed by atoms with van der Waals surface area (Å²) >= 11 is 0. The largest absolute Gasteiger partial charge is 0.396 e. The normalized spacial score (nSPS) is 24.1. The molecule has 0 fully saturated rings. The monoisotopic (exact) mass is 229 g/mol. The highest BCUT2D eigenvalue weighted by molar-refractivity contribution is 5.59. The number of rotatable bonds is 3. The van der Waals surface area contributed by atoms with E-state index in [9.17, 15) is 0 Å². The highest BCUT2D eigenvalue weighted by Crippen LogP contribution is 2.01. The van der Waals surface area contributed by atoms with Crippen molar-refractivity contribution in [2.45, 2.75) is 27.2 Å². The number of hydrogen-bond acceptors (Lipinski definition) is 4. The van der Waals surface area contributed by atoms with Crippen molar-refractivity contribution in [3.63, 3.8) is 0 Å². The average molecular weight is 229 g/mol. The van der Waals surface area contributed by atoms with Gasteiger partial charge in [0.05, 0.1) is 0 Å². The Kier molecular flexibility index (Phi) is 10.5. The summed E-state index contributed by atoms with van der Waals surface area (Å²) in [4.78, 5) is 7.57. The van der Waals surface area contributed by atoms with Crippen molar-refractivity contribution in [2.24, 2.45) is 11.1 Å². The van der Waals surface area contributed by atoms with Crippen molar-refractivity contribution in [1.82, 2.24) is 10.2 Å². The van der Waals surface area contributed by atoms with E-state index in [1.54, 1.807) is 0 Å². The third-order valence-electron chi connectivity index (χ3n) is 2.32. The SMILES string of the molecule is CC.CNCCN1CCCO/N=C\C(C)C1. The maximum absolute atomic E-state index is 5.10. The van der Waals surface area contributed by atoms with Crippen LogP contribution in [0.5, 0.6) is 0 Å². The molecule has 0 saturated carbocycles. The lowest BCUT2D eigenvalue weighted by Crippen LogP contribution is -2.35. The van der Waals surface area contributed by atoms with Crippen LogP contribution in [0.3, 0.4) is 0 Å². The highest BCUT2D eigenvalue weighted by atomic mass is 16.6. The Morgan fingerprint density at radius 3 is 2.94 bits per heavy atom. The van der Waals surface area contributed by atoms with Crippen LogP contribution in [0.15, 0.2) is 5.16 Å². The van der Waals surface area contributed by atoms with Crippen LogP contribution in [0.25, 0.3) is 0 Å². The van der Waals surface area contributed by atoms with Gasteiger partial charge in [-0.3, -0.25) is 0 Å². The van der Waals surface area contributed by atoms with Crippen LogP contribution in [-0.2, 0) is 4.84 Å². The molecule has 1 aliphatic heterocycles. The minimum atomic E-state index is 0.477. The van der Waals surface area contributed by atoms with Gasteiger partial charge in [0.15, 0.2) is 0 Å². The van der Waals surface area contributed by atoms with Crippen LogP contribution >= 0.6 is 0 Å². The maximum atomic E-state index is 5.10. The molecule has 4 nitrogen and oxygen atoms in total. The van der Waals surface area contributed by atoms with E-state index in [1.165, 1.54) is 0 Å². The smallest absolute Gasteiger partial charge is 0.118 e. The van der Waals surface area contributed by atoms with Crippen molar-refractivity contribution in [2.75, 3.05) is 39.8 Å². The van der Waals surface area contributed by atoms with E-state index in [0.717, 1.165) is 39.2 Å². The van der Waals surface area contributed by atoms with Crippen LogP contribution < -0.4 is 5.32 Å². The van der Waals surface area contributed by atoms with Gasteiger partial charge in [0.1, 0.15) is 6.61 Å². The number of likely N-dealkylation sites (N-methyl/N-ethyl adjacent to an activating group) is 1. The van der Waals surface area contributed by atoms with Crippen molar-refractivity contribution < 1.29 is 4.84 Å². The quantitative estimate of drug-likeness (QED) is 0.798. The zero-order chi connectivity index (χ0) is 12.2. The lowest BCUT2D eigenvalue weighted by Gasteiger charge is -2.22. The Morgan fingerprint density at radius 2 is 2.25 bits per heavy atom. The topological polar surface area (TPSA) is 36.9 Å². The first kappa shape index (κ1) is 15.4. The first-order valence-electron chi connectivity index (χ1n) is 6.35. The first-order chi connectivity index (χ1) is 7.83. The van der Waals surface area contributed by atoms with Gasteiger partial charge in [-0.15, -0.1) is 0 Å². The zero-order valence-corrected chi connectivity index (χ0v) is 11.2. The van der Waals surface area contributed by atoms with E-state index in [2.05, 4.69) is 22.3 Å². The second-order valence-corrected chi connectivity index (χ2v) is 3.82. The molecule has 4 heteroatoms. The summed E-state index contributed by atoms with van der Waals surface area (Å²) in [5.74, 6) is 0.477. The summed E-state index contributed by atoms with van der Waals surface area (Å²) in [6, 6.07) is 0. The van der Waals surface area contributed by atoms with E-state index >= 15 is 0 Å². The number of hydrogen-bond donors (Lipinski definition) is 1. The average Bonchev–Trinajstić information content (AvgIpc) is 2.41. The van der Waals surface area contributed by atoms with Gasteiger partial charge in [-0.05, 0) is 13.5 Å². The van der Waals surface area contributed by atoms with Gasteiger partial charge in [0, 0.05) is 38.3 Å². The Bertz CT molecular complexity index is 174. The van der Waals surface area contributed by atoms with Crippen LogP contribution in [0, 0.1) is 5.92 Å². The molecule has 0 radical (unpaired) electrons. The van der Waals surface area contributed by atoms with Gasteiger partial charge < -0.3 is 15.1 Å². The molecule has 1 atom stereocenters. The lowest BCUT2D eigenvalue weighted by atomic mass is 10.2. The summed E-state index contributed by atoms with van der Waals surface area (Å²) in [7, 11) is 1.99. The fourth-order valence-corrected chi connectivity index (χ4v) is 1.57. The zero-order valence-electron chi connectivity index (χ0n) is 11.2. The van der Waals surface area contributed by atoms with Gasteiger partial charge in [-0.1, -0.05) is 25.9 Å². The third-order valence-corrected chi connectivity index (χ3v) is 2.32. The predicted octanol–water partition coefficient (Wildman–Crippen LogP) is 1.58. The summed E-state index contributed by atoms with van der Waals surface area (Å²) in [6.07, 6.45) is 2.96. The summed E-state index contributed by atoms with van der Waals surface area (Å²) in [5, 5.41) is 7.09. The Hall–Kier alpha value is -0.610. The van der Waals surface area contributed by atoms with E-state index in [-0.39, 0.29) is 0 Å². The summed E-state index contributed by atoms with van der Waals surface area (Å²) < 4.78 is 0. The predicted molar refractivity (Wildman–Crippen MR) is 69.9 cm³/mol. The summed E-state index contributed by atoms with van der Waals surface area (Å²) in [6.45, 7) is 11.2. The van der Waals surface area contributed by atoms with Gasteiger partial charge in [0.25, 0.3) is 0 Å². The van der Waals surface area contributed by atoms with Gasteiger partial charge in [-0.25, -0.2) is 0 Å². The molecule has 1 aliphatic rings. The molecule has 0 saturated heterocycles. The standard InChI is InChI=1S/C10H21N3O.C2H6/c1-10-8-12-14-7-3-5-13(9-10)6-4-11-2;1-2/h8,10-11H,3-7,9H2,1-2H3;1-2H3/b12-8-;. The fourth-order valence-electron chi connectivity index (χ4n) is 1.57. The summed E-state index contributed by atoms with van der Waals surface area (Å²) in [5.41, 5.74) is 0. The molecule has 0 aromatic carbocycles. The van der Waals surface area contributed by atoms with E-state index in [4.69, 9.17) is 4.84 Å². The molecule has 1 unspecified atom stereocenters. The molecular weight excluding hydrogens is 202 g/mol. The second-order valence-electron chi connectivity index (χ2n) is 3.82. The first-order valence-corrected chi connectivity index (χ1v) is 6.35. The Labute approximate surface area is 100 Å². The number of oxime groups is 1. The van der Waals surface area contributed by atoms with E-state index < -0.39 is 0 Å². The van der Waals surface area contributed by atoms with Crippen LogP contribution in [-0.4, -0.2) is 50.9 Å². The lowest BCUT2D eigenvalue weighted by molar-refractivity contribution is 0.134. The fraction of sp³-hybridized carbons (Fsp3) is 0.917. The van der Waals surface area contributed by atoms with Crippen LogP contribution in [0.4, 0.5) is 0 Å². The number of nitrogens with zero attached hydrogens (tertiary/aromatic N) is 2. The van der Waals surface area contributed by atoms with Gasteiger partial charge >= 0.3 is 0 Å². The van der Waals surface area contributed by atoms with Crippen molar-refractivity contribution in [3.8, 4) is 0 Å². The van der Waals surface area contributed by atoms with Gasteiger partial charge in [-0.2, -0.15) is 0 Å². The molecule has 1 heterocycles. The van der Waals surface area contributed by atoms with Crippen molar-refractivity contribution in [1.29, 1.82) is 0 Å². The molecule has 16 heavy (non-hydrogen) atoms. The third kappa shape index (κ3) is 7.65. The molecule has 0 aromatic rings. The Morgan fingerprint density at radius 1 is 1.50 bits per heavy atom. The highest BCUT2D eigenvalue weighted by Gasteiger charge is 2.09. The van der Waals surface area contributed by atoms with Crippen LogP contribution in [0.1, 0.15) is 27.2 Å². The molecule has 0 bridgehead atoms. The molecule has 1 N–H and O–H groups in total. The molecular formula is C12H27N3O. The molecule has 96 valence electrons. The minimum Gasteiger partial charge on any atom is -0.396 e.